The van der Waals surface area contributed by atoms with E-state index in [4.69, 9.17) is 14.3 Å². The summed E-state index contributed by atoms with van der Waals surface area (Å²) in [6.07, 6.45) is 1.40. The molecule has 23 heavy (non-hydrogen) atoms. The molecule has 0 aliphatic carbocycles. The zero-order valence-corrected chi connectivity index (χ0v) is 13.6. The third-order valence-electron chi connectivity index (χ3n) is 4.09. The molecule has 1 fully saturated rings. The van der Waals surface area contributed by atoms with E-state index in [-0.39, 0.29) is 5.76 Å². The van der Waals surface area contributed by atoms with E-state index in [2.05, 4.69) is 18.7 Å². The lowest BCUT2D eigenvalue weighted by molar-refractivity contribution is 0.0412. The fourth-order valence-electron chi connectivity index (χ4n) is 2.96. The summed E-state index contributed by atoms with van der Waals surface area (Å²) >= 11 is 0. The van der Waals surface area contributed by atoms with E-state index in [9.17, 15) is 4.79 Å². The SMILES string of the molecule is CC(C)COC1CCN(Cc2ccc3oc(C(=O)O)cc3c2)C1. The number of benzene rings is 1. The van der Waals surface area contributed by atoms with Gasteiger partial charge in [-0.1, -0.05) is 19.9 Å². The Kier molecular flexibility index (Phi) is 4.68. The summed E-state index contributed by atoms with van der Waals surface area (Å²) in [4.78, 5) is 13.3. The van der Waals surface area contributed by atoms with Crippen molar-refractivity contribution in [3.8, 4) is 0 Å². The second-order valence-electron chi connectivity index (χ2n) is 6.66. The maximum absolute atomic E-state index is 11.0. The molecule has 1 aromatic carbocycles. The Morgan fingerprint density at radius 3 is 3.00 bits per heavy atom. The Hall–Kier alpha value is -1.85. The van der Waals surface area contributed by atoms with Gasteiger partial charge in [0.15, 0.2) is 0 Å². The van der Waals surface area contributed by atoms with Gasteiger partial charge in [0.1, 0.15) is 5.58 Å². The van der Waals surface area contributed by atoms with Crippen molar-refractivity contribution in [1.82, 2.24) is 4.90 Å². The minimum atomic E-state index is -1.03. The molecule has 5 heteroatoms. The van der Waals surface area contributed by atoms with Gasteiger partial charge in [-0.2, -0.15) is 0 Å². The third kappa shape index (κ3) is 3.92. The van der Waals surface area contributed by atoms with Crippen LogP contribution in [0.4, 0.5) is 0 Å². The molecular formula is C18H23NO4. The van der Waals surface area contributed by atoms with Crippen LogP contribution in [-0.2, 0) is 11.3 Å². The van der Waals surface area contributed by atoms with Crippen molar-refractivity contribution in [2.24, 2.45) is 5.92 Å². The van der Waals surface area contributed by atoms with Crippen LogP contribution in [0.1, 0.15) is 36.4 Å². The van der Waals surface area contributed by atoms with Crippen LogP contribution in [0, 0.1) is 5.92 Å². The number of carboxylic acids is 1. The lowest BCUT2D eigenvalue weighted by Gasteiger charge is -2.17. The Morgan fingerprint density at radius 2 is 2.26 bits per heavy atom. The first-order valence-corrected chi connectivity index (χ1v) is 8.11. The van der Waals surface area contributed by atoms with Gasteiger partial charge in [0.25, 0.3) is 0 Å². The molecule has 1 N–H and O–H groups in total. The molecule has 2 aromatic rings. The highest BCUT2D eigenvalue weighted by Gasteiger charge is 2.23. The zero-order valence-electron chi connectivity index (χ0n) is 13.6. The third-order valence-corrected chi connectivity index (χ3v) is 4.09. The summed E-state index contributed by atoms with van der Waals surface area (Å²) in [5.41, 5.74) is 1.78. The van der Waals surface area contributed by atoms with Crippen LogP contribution in [0.5, 0.6) is 0 Å². The summed E-state index contributed by atoms with van der Waals surface area (Å²) in [6, 6.07) is 7.44. The van der Waals surface area contributed by atoms with Crippen LogP contribution < -0.4 is 0 Å². The number of furan rings is 1. The van der Waals surface area contributed by atoms with E-state index in [0.29, 0.717) is 17.6 Å². The summed E-state index contributed by atoms with van der Waals surface area (Å²) in [5.74, 6) is -0.483. The Balaban J connectivity index is 1.62. The van der Waals surface area contributed by atoms with Gasteiger partial charge >= 0.3 is 5.97 Å². The van der Waals surface area contributed by atoms with Crippen molar-refractivity contribution < 1.29 is 19.1 Å². The number of hydrogen-bond donors (Lipinski definition) is 1. The highest BCUT2D eigenvalue weighted by atomic mass is 16.5. The van der Waals surface area contributed by atoms with E-state index in [1.807, 2.05) is 18.2 Å². The lowest BCUT2D eigenvalue weighted by Crippen LogP contribution is -2.23. The van der Waals surface area contributed by atoms with Crippen LogP contribution in [0.2, 0.25) is 0 Å². The Labute approximate surface area is 135 Å². The molecule has 0 spiro atoms. The van der Waals surface area contributed by atoms with Gasteiger partial charge in [-0.05, 0) is 36.1 Å². The second-order valence-corrected chi connectivity index (χ2v) is 6.66. The monoisotopic (exact) mass is 317 g/mol. The number of rotatable bonds is 6. The van der Waals surface area contributed by atoms with Crippen LogP contribution in [-0.4, -0.2) is 41.8 Å². The van der Waals surface area contributed by atoms with Crippen molar-refractivity contribution in [3.05, 3.63) is 35.6 Å². The second kappa shape index (κ2) is 6.72. The number of fused-ring (bicyclic) bond motifs is 1. The number of nitrogens with zero attached hydrogens (tertiary/aromatic N) is 1. The molecule has 1 aliphatic rings. The molecular weight excluding hydrogens is 294 g/mol. The first kappa shape index (κ1) is 16.0. The lowest BCUT2D eigenvalue weighted by atomic mass is 10.1. The quantitative estimate of drug-likeness (QED) is 0.885. The van der Waals surface area contributed by atoms with Gasteiger partial charge in [0.2, 0.25) is 5.76 Å². The molecule has 1 unspecified atom stereocenters. The molecule has 2 heterocycles. The smallest absolute Gasteiger partial charge is 0.371 e. The predicted molar refractivity (Wildman–Crippen MR) is 87.6 cm³/mol. The average Bonchev–Trinajstić information content (AvgIpc) is 3.11. The zero-order chi connectivity index (χ0) is 16.4. The van der Waals surface area contributed by atoms with E-state index in [1.54, 1.807) is 6.07 Å². The van der Waals surface area contributed by atoms with Gasteiger partial charge in [-0.3, -0.25) is 4.90 Å². The molecule has 1 saturated heterocycles. The van der Waals surface area contributed by atoms with Crippen molar-refractivity contribution >= 4 is 16.9 Å². The summed E-state index contributed by atoms with van der Waals surface area (Å²) in [7, 11) is 0. The predicted octanol–water partition coefficient (Wildman–Crippen LogP) is 3.38. The fourth-order valence-corrected chi connectivity index (χ4v) is 2.96. The number of aromatic carboxylic acids is 1. The molecule has 1 atom stereocenters. The van der Waals surface area contributed by atoms with E-state index in [1.165, 1.54) is 5.56 Å². The Morgan fingerprint density at radius 1 is 1.43 bits per heavy atom. The standard InChI is InChI=1S/C18H23NO4/c1-12(2)11-22-15-5-6-19(10-15)9-13-3-4-16-14(7-13)8-17(23-16)18(20)21/h3-4,7-8,12,15H,5-6,9-11H2,1-2H3,(H,20,21). The van der Waals surface area contributed by atoms with Gasteiger partial charge in [-0.15, -0.1) is 0 Å². The van der Waals surface area contributed by atoms with Crippen LogP contribution >= 0.6 is 0 Å². The number of carbonyl (C=O) groups is 1. The molecule has 0 saturated carbocycles. The fraction of sp³-hybridized carbons (Fsp3) is 0.500. The number of hydrogen-bond acceptors (Lipinski definition) is 4. The average molecular weight is 317 g/mol. The summed E-state index contributed by atoms with van der Waals surface area (Å²) < 4.78 is 11.2. The minimum absolute atomic E-state index is 0.0135. The van der Waals surface area contributed by atoms with E-state index >= 15 is 0 Å². The maximum Gasteiger partial charge on any atom is 0.371 e. The molecule has 0 amide bonds. The molecule has 3 rings (SSSR count). The van der Waals surface area contributed by atoms with Gasteiger partial charge < -0.3 is 14.3 Å². The topological polar surface area (TPSA) is 62.9 Å². The van der Waals surface area contributed by atoms with Crippen molar-refractivity contribution in [3.63, 3.8) is 0 Å². The van der Waals surface area contributed by atoms with E-state index in [0.717, 1.165) is 38.0 Å². The normalized spacial score (nSPS) is 19.0. The minimum Gasteiger partial charge on any atom is -0.475 e. The van der Waals surface area contributed by atoms with Crippen molar-refractivity contribution in [2.45, 2.75) is 32.9 Å². The highest BCUT2D eigenvalue weighted by molar-refractivity contribution is 5.91. The first-order chi connectivity index (χ1) is 11.0. The highest BCUT2D eigenvalue weighted by Crippen LogP contribution is 2.23. The van der Waals surface area contributed by atoms with Gasteiger partial charge in [-0.25, -0.2) is 4.79 Å². The maximum atomic E-state index is 11.0. The number of ether oxygens (including phenoxy) is 1. The summed E-state index contributed by atoms with van der Waals surface area (Å²) in [5, 5.41) is 9.83. The van der Waals surface area contributed by atoms with Crippen molar-refractivity contribution in [1.29, 1.82) is 0 Å². The van der Waals surface area contributed by atoms with Crippen LogP contribution in [0.3, 0.4) is 0 Å². The molecule has 0 bridgehead atoms. The van der Waals surface area contributed by atoms with Crippen molar-refractivity contribution in [2.75, 3.05) is 19.7 Å². The van der Waals surface area contributed by atoms with Crippen LogP contribution in [0.15, 0.2) is 28.7 Å². The molecule has 1 aromatic heterocycles. The summed E-state index contributed by atoms with van der Waals surface area (Å²) in [6.45, 7) is 7.99. The number of carboxylic acid groups (broad SMARTS) is 1. The first-order valence-electron chi connectivity index (χ1n) is 8.11. The Bertz CT molecular complexity index is 691. The van der Waals surface area contributed by atoms with Crippen LogP contribution in [0.25, 0.3) is 11.0 Å². The molecule has 5 nitrogen and oxygen atoms in total. The molecule has 0 radical (unpaired) electrons. The van der Waals surface area contributed by atoms with E-state index < -0.39 is 5.97 Å². The molecule has 1 aliphatic heterocycles. The molecule has 124 valence electrons. The number of likely N-dealkylation sites (tertiary alicyclic amines) is 1. The van der Waals surface area contributed by atoms with Gasteiger partial charge in [0, 0.05) is 31.6 Å². The van der Waals surface area contributed by atoms with Gasteiger partial charge in [0.05, 0.1) is 6.10 Å². The largest absolute Gasteiger partial charge is 0.475 e.